The van der Waals surface area contributed by atoms with Crippen LogP contribution in [0.25, 0.3) is 0 Å². The molecule has 0 aromatic rings. The molecule has 4 unspecified atom stereocenters. The van der Waals surface area contributed by atoms with E-state index in [1.807, 2.05) is 6.08 Å². The van der Waals surface area contributed by atoms with Crippen molar-refractivity contribution in [1.82, 2.24) is 4.90 Å². The molecule has 0 aromatic carbocycles. The van der Waals surface area contributed by atoms with Gasteiger partial charge >= 0.3 is 0 Å². The van der Waals surface area contributed by atoms with Gasteiger partial charge in [0.2, 0.25) is 0 Å². The monoisotopic (exact) mass is 415 g/mol. The summed E-state index contributed by atoms with van der Waals surface area (Å²) in [6.07, 6.45) is 23.3. The minimum absolute atomic E-state index is 0.271. The molecule has 1 N–H and O–H groups in total. The van der Waals surface area contributed by atoms with Crippen LogP contribution >= 0.6 is 15.9 Å². The minimum atomic E-state index is -0.354. The molecular weight excluding hydrogens is 385 g/mol. The second-order valence-corrected chi connectivity index (χ2v) is 9.33. The first-order valence-electron chi connectivity index (χ1n) is 10.1. The van der Waals surface area contributed by atoms with Crippen molar-refractivity contribution in [2.24, 2.45) is 5.92 Å². The number of hydrogen-bond acceptors (Lipinski definition) is 2. The van der Waals surface area contributed by atoms with Crippen molar-refractivity contribution in [2.75, 3.05) is 0 Å². The fraction of sp³-hybridized carbons (Fsp3) is 0.545. The van der Waals surface area contributed by atoms with E-state index in [4.69, 9.17) is 0 Å². The lowest BCUT2D eigenvalue weighted by molar-refractivity contribution is 0.164. The largest absolute Gasteiger partial charge is 0.389 e. The molecule has 0 radical (unpaired) electrons. The van der Waals surface area contributed by atoms with E-state index in [2.05, 4.69) is 72.1 Å². The summed E-state index contributed by atoms with van der Waals surface area (Å²) < 4.78 is 0. The van der Waals surface area contributed by atoms with Crippen molar-refractivity contribution >= 4 is 23.8 Å². The highest BCUT2D eigenvalue weighted by molar-refractivity contribution is 9.09. The van der Waals surface area contributed by atoms with Crippen molar-refractivity contribution in [3.63, 3.8) is 0 Å². The molecule has 2 nitrogen and oxygen atoms in total. The molecule has 3 aliphatic carbocycles. The normalized spacial score (nSPS) is 32.7. The zero-order valence-corrected chi connectivity index (χ0v) is 17.7. The van der Waals surface area contributed by atoms with Gasteiger partial charge < -0.3 is 10.0 Å². The highest BCUT2D eigenvalue weighted by Gasteiger charge is 2.27. The number of allylic oxidation sites excluding steroid dienone is 7. The summed E-state index contributed by atoms with van der Waals surface area (Å²) in [5.41, 5.74) is 3.92. The van der Waals surface area contributed by atoms with Gasteiger partial charge in [-0.15, -0.1) is 5.47 Å². The van der Waals surface area contributed by atoms with Crippen LogP contribution < -0.4 is 0 Å². The maximum Gasteiger partial charge on any atom is 0.134 e. The van der Waals surface area contributed by atoms with Gasteiger partial charge in [-0.1, -0.05) is 53.6 Å². The molecule has 0 heterocycles. The van der Waals surface area contributed by atoms with E-state index < -0.39 is 0 Å². The summed E-state index contributed by atoms with van der Waals surface area (Å²) in [6, 6.07) is 0.515. The second kappa shape index (κ2) is 9.28. The number of aliphatic hydroxyl groups excluding tert-OH is 1. The molecular formula is C22H31BBrNO. The lowest BCUT2D eigenvalue weighted by Gasteiger charge is -2.35. The molecule has 26 heavy (non-hydrogen) atoms. The Balaban J connectivity index is 1.95. The van der Waals surface area contributed by atoms with E-state index in [0.29, 0.717) is 10.9 Å². The minimum Gasteiger partial charge on any atom is -0.389 e. The van der Waals surface area contributed by atoms with Crippen LogP contribution in [0.1, 0.15) is 51.9 Å². The van der Waals surface area contributed by atoms with Crippen molar-refractivity contribution in [3.8, 4) is 0 Å². The summed E-state index contributed by atoms with van der Waals surface area (Å²) in [7, 11) is 2.19. The Morgan fingerprint density at radius 3 is 2.81 bits per heavy atom. The quantitative estimate of drug-likeness (QED) is 0.414. The Morgan fingerprint density at radius 2 is 1.96 bits per heavy atom. The van der Waals surface area contributed by atoms with Gasteiger partial charge in [-0.3, -0.25) is 0 Å². The van der Waals surface area contributed by atoms with Crippen LogP contribution in [0.3, 0.4) is 0 Å². The van der Waals surface area contributed by atoms with Crippen LogP contribution in [0, 0.1) is 5.92 Å². The van der Waals surface area contributed by atoms with Crippen LogP contribution in [-0.4, -0.2) is 34.8 Å². The standard InChI is InChI=1S/C22H31BBrNO/c1-16-8-11-21(14-15-22(16)26)25(19-6-2-4-17(23)9-12-19)20-7-3-5-18(24)10-13-20/h2,6,9,11-12,14-16,18,20,22,26H,3-5,7-8,10,13,23H2,1H3. The molecule has 3 aliphatic rings. The Morgan fingerprint density at radius 1 is 1.12 bits per heavy atom. The summed E-state index contributed by atoms with van der Waals surface area (Å²) in [5, 5.41) is 10.3. The Labute approximate surface area is 168 Å². The number of nitrogens with zero attached hydrogens (tertiary/aromatic N) is 1. The van der Waals surface area contributed by atoms with Gasteiger partial charge in [-0.2, -0.15) is 0 Å². The molecule has 140 valence electrons. The summed E-state index contributed by atoms with van der Waals surface area (Å²) in [5.74, 6) is 0.271. The molecule has 3 rings (SSSR count). The third kappa shape index (κ3) is 5.04. The molecule has 0 aromatic heterocycles. The first-order valence-corrected chi connectivity index (χ1v) is 11.0. The third-order valence-corrected chi connectivity index (χ3v) is 6.72. The van der Waals surface area contributed by atoms with E-state index >= 15 is 0 Å². The molecule has 0 spiro atoms. The van der Waals surface area contributed by atoms with Crippen LogP contribution in [0.5, 0.6) is 0 Å². The number of halogens is 1. The van der Waals surface area contributed by atoms with Crippen molar-refractivity contribution in [1.29, 1.82) is 0 Å². The van der Waals surface area contributed by atoms with Gasteiger partial charge in [-0.05, 0) is 62.7 Å². The Kier molecular flexibility index (Phi) is 7.05. The van der Waals surface area contributed by atoms with E-state index in [1.54, 1.807) is 0 Å². The van der Waals surface area contributed by atoms with Crippen LogP contribution in [0.4, 0.5) is 0 Å². The van der Waals surface area contributed by atoms with Crippen LogP contribution in [0.2, 0.25) is 0 Å². The highest BCUT2D eigenvalue weighted by atomic mass is 79.9. The van der Waals surface area contributed by atoms with Gasteiger partial charge in [0, 0.05) is 22.3 Å². The van der Waals surface area contributed by atoms with Crippen LogP contribution in [-0.2, 0) is 0 Å². The Hall–Kier alpha value is -0.995. The van der Waals surface area contributed by atoms with Crippen LogP contribution in [0.15, 0.2) is 59.4 Å². The highest BCUT2D eigenvalue weighted by Crippen LogP contribution is 2.33. The average molecular weight is 416 g/mol. The fourth-order valence-electron chi connectivity index (χ4n) is 4.02. The predicted molar refractivity (Wildman–Crippen MR) is 117 cm³/mol. The zero-order valence-electron chi connectivity index (χ0n) is 16.1. The van der Waals surface area contributed by atoms with Gasteiger partial charge in [0.25, 0.3) is 0 Å². The number of aliphatic hydroxyl groups is 1. The third-order valence-electron chi connectivity index (χ3n) is 5.80. The molecule has 0 aliphatic heterocycles. The summed E-state index contributed by atoms with van der Waals surface area (Å²) in [4.78, 5) is 3.19. The molecule has 0 saturated heterocycles. The van der Waals surface area contributed by atoms with Gasteiger partial charge in [0.15, 0.2) is 0 Å². The van der Waals surface area contributed by atoms with Crippen molar-refractivity contribution < 1.29 is 5.11 Å². The molecule has 4 heteroatoms. The first kappa shape index (κ1) is 19.8. The topological polar surface area (TPSA) is 23.5 Å². The van der Waals surface area contributed by atoms with E-state index in [0.717, 1.165) is 12.8 Å². The van der Waals surface area contributed by atoms with Crippen molar-refractivity contribution in [2.45, 2.75) is 68.8 Å². The summed E-state index contributed by atoms with van der Waals surface area (Å²) in [6.45, 7) is 2.12. The van der Waals surface area contributed by atoms with E-state index in [9.17, 15) is 5.11 Å². The fourth-order valence-corrected chi connectivity index (χ4v) is 4.61. The lowest BCUT2D eigenvalue weighted by Crippen LogP contribution is -2.33. The second-order valence-electron chi connectivity index (χ2n) is 8.03. The van der Waals surface area contributed by atoms with Gasteiger partial charge in [0.1, 0.15) is 7.85 Å². The smallest absolute Gasteiger partial charge is 0.134 e. The van der Waals surface area contributed by atoms with Crippen molar-refractivity contribution in [3.05, 3.63) is 59.4 Å². The van der Waals surface area contributed by atoms with Gasteiger partial charge in [-0.25, -0.2) is 0 Å². The molecule has 1 saturated carbocycles. The van der Waals surface area contributed by atoms with Gasteiger partial charge in [0.05, 0.1) is 6.10 Å². The SMILES string of the molecule is BC1=CC=C(N(C2=CCC(C)C(O)C=C2)C2CCCC(Br)CC2)C=CC1. The maximum absolute atomic E-state index is 10.3. The molecule has 4 atom stereocenters. The predicted octanol–water partition coefficient (Wildman–Crippen LogP) is 4.59. The molecule has 1 fully saturated rings. The maximum atomic E-state index is 10.3. The number of alkyl halides is 1. The zero-order chi connectivity index (χ0) is 18.5. The van der Waals surface area contributed by atoms with E-state index in [-0.39, 0.29) is 12.0 Å². The molecule has 0 amide bonds. The Bertz CT molecular complexity index is 649. The molecule has 0 bridgehead atoms. The number of hydrogen-bond donors (Lipinski definition) is 1. The summed E-state index contributed by atoms with van der Waals surface area (Å²) >= 11 is 3.84. The lowest BCUT2D eigenvalue weighted by atomic mass is 9.93. The van der Waals surface area contributed by atoms with E-state index in [1.165, 1.54) is 49.0 Å². The first-order chi connectivity index (χ1) is 12.5. The average Bonchev–Trinajstić information content (AvgIpc) is 3.03. The number of rotatable bonds is 3.